The third-order valence-corrected chi connectivity index (χ3v) is 3.95. The summed E-state index contributed by atoms with van der Waals surface area (Å²) in [5.41, 5.74) is -0.165. The van der Waals surface area contributed by atoms with Crippen LogP contribution in [0.5, 0.6) is 0 Å². The summed E-state index contributed by atoms with van der Waals surface area (Å²) >= 11 is 0. The molecule has 6 nitrogen and oxygen atoms in total. The number of aromatic nitrogens is 4. The van der Waals surface area contributed by atoms with Gasteiger partial charge in [0, 0.05) is 11.5 Å². The normalized spacial score (nSPS) is 23.6. The van der Waals surface area contributed by atoms with E-state index in [1.807, 2.05) is 20.8 Å². The van der Waals surface area contributed by atoms with Crippen LogP contribution in [-0.2, 0) is 16.8 Å². The van der Waals surface area contributed by atoms with E-state index in [4.69, 9.17) is 0 Å². The zero-order valence-electron chi connectivity index (χ0n) is 12.9. The number of hydrogen-bond acceptors (Lipinski definition) is 4. The average Bonchev–Trinajstić information content (AvgIpc) is 2.80. The quantitative estimate of drug-likeness (QED) is 0.913. The van der Waals surface area contributed by atoms with E-state index in [2.05, 4.69) is 27.8 Å². The fraction of sp³-hybridized carbons (Fsp3) is 0.857. The van der Waals surface area contributed by atoms with Gasteiger partial charge >= 0.3 is 0 Å². The largest absolute Gasteiger partial charge is 0.351 e. The molecule has 0 aromatic carbocycles. The predicted molar refractivity (Wildman–Crippen MR) is 76.1 cm³/mol. The van der Waals surface area contributed by atoms with Crippen molar-refractivity contribution in [1.29, 1.82) is 0 Å². The molecule has 2 unspecified atom stereocenters. The Balaban J connectivity index is 1.96. The second-order valence-electron chi connectivity index (χ2n) is 6.85. The van der Waals surface area contributed by atoms with Crippen LogP contribution in [0.3, 0.4) is 0 Å². The highest BCUT2D eigenvalue weighted by atomic mass is 16.2. The summed E-state index contributed by atoms with van der Waals surface area (Å²) in [6.45, 7) is 8.52. The lowest BCUT2D eigenvalue weighted by Gasteiger charge is -2.29. The number of carbonyl (C=O) groups is 1. The maximum atomic E-state index is 12.2. The Morgan fingerprint density at radius 1 is 1.35 bits per heavy atom. The van der Waals surface area contributed by atoms with Crippen molar-refractivity contribution in [2.45, 2.75) is 71.4 Å². The molecule has 112 valence electrons. The van der Waals surface area contributed by atoms with Gasteiger partial charge in [-0.2, -0.15) is 0 Å². The second-order valence-corrected chi connectivity index (χ2v) is 6.85. The van der Waals surface area contributed by atoms with Crippen molar-refractivity contribution in [2.24, 2.45) is 5.92 Å². The molecule has 0 aliphatic heterocycles. The summed E-state index contributed by atoms with van der Waals surface area (Å²) in [5.74, 6) is 1.30. The molecule has 1 aromatic rings. The Hall–Kier alpha value is -1.46. The van der Waals surface area contributed by atoms with Crippen molar-refractivity contribution in [2.75, 3.05) is 0 Å². The van der Waals surface area contributed by atoms with Crippen molar-refractivity contribution in [3.8, 4) is 0 Å². The maximum absolute atomic E-state index is 12.2. The van der Waals surface area contributed by atoms with Gasteiger partial charge in [-0.15, -0.1) is 5.10 Å². The molecule has 0 radical (unpaired) electrons. The van der Waals surface area contributed by atoms with Gasteiger partial charge in [0.2, 0.25) is 5.91 Å². The lowest BCUT2D eigenvalue weighted by atomic mass is 9.86. The highest BCUT2D eigenvalue weighted by Crippen LogP contribution is 2.23. The average molecular weight is 279 g/mol. The fourth-order valence-electron chi connectivity index (χ4n) is 2.77. The first-order chi connectivity index (χ1) is 9.38. The summed E-state index contributed by atoms with van der Waals surface area (Å²) in [4.78, 5) is 12.2. The molecule has 1 fully saturated rings. The van der Waals surface area contributed by atoms with Crippen LogP contribution in [0, 0.1) is 5.92 Å². The standard InChI is InChI=1S/C14H25N5O/c1-10-7-5-6-8-11(10)15-12(20)9-19-13(14(2,3)4)16-17-18-19/h10-11H,5-9H2,1-4H3,(H,15,20). The van der Waals surface area contributed by atoms with Gasteiger partial charge in [0.15, 0.2) is 5.82 Å². The van der Waals surface area contributed by atoms with Crippen molar-refractivity contribution in [3.63, 3.8) is 0 Å². The molecule has 6 heteroatoms. The molecular weight excluding hydrogens is 254 g/mol. The summed E-state index contributed by atoms with van der Waals surface area (Å²) in [5, 5.41) is 14.8. The van der Waals surface area contributed by atoms with Gasteiger partial charge in [0.1, 0.15) is 6.54 Å². The second kappa shape index (κ2) is 5.89. The number of hydrogen-bond donors (Lipinski definition) is 1. The van der Waals surface area contributed by atoms with Gasteiger partial charge < -0.3 is 5.32 Å². The molecule has 0 spiro atoms. The summed E-state index contributed by atoms with van der Waals surface area (Å²) in [6.07, 6.45) is 4.75. The van der Waals surface area contributed by atoms with Crippen molar-refractivity contribution < 1.29 is 4.79 Å². The van der Waals surface area contributed by atoms with Crippen molar-refractivity contribution in [1.82, 2.24) is 25.5 Å². The van der Waals surface area contributed by atoms with Crippen LogP contribution in [-0.4, -0.2) is 32.2 Å². The molecular formula is C14H25N5O. The van der Waals surface area contributed by atoms with Crippen molar-refractivity contribution >= 4 is 5.91 Å². The number of rotatable bonds is 3. The highest BCUT2D eigenvalue weighted by molar-refractivity contribution is 5.76. The summed E-state index contributed by atoms with van der Waals surface area (Å²) < 4.78 is 1.60. The monoisotopic (exact) mass is 279 g/mol. The molecule has 1 aromatic heterocycles. The third kappa shape index (κ3) is 3.55. The van der Waals surface area contributed by atoms with Crippen LogP contribution >= 0.6 is 0 Å². The van der Waals surface area contributed by atoms with E-state index in [1.54, 1.807) is 4.68 Å². The summed E-state index contributed by atoms with van der Waals surface area (Å²) in [7, 11) is 0. The first-order valence-corrected chi connectivity index (χ1v) is 7.44. The first-order valence-electron chi connectivity index (χ1n) is 7.44. The Morgan fingerprint density at radius 2 is 2.05 bits per heavy atom. The van der Waals surface area contributed by atoms with E-state index in [9.17, 15) is 4.79 Å². The molecule has 1 heterocycles. The van der Waals surface area contributed by atoms with Gasteiger partial charge in [-0.05, 0) is 29.2 Å². The van der Waals surface area contributed by atoms with E-state index >= 15 is 0 Å². The summed E-state index contributed by atoms with van der Waals surface area (Å²) in [6, 6.07) is 0.297. The van der Waals surface area contributed by atoms with E-state index in [1.165, 1.54) is 19.3 Å². The number of tetrazole rings is 1. The van der Waals surface area contributed by atoms with Gasteiger partial charge in [-0.25, -0.2) is 4.68 Å². The van der Waals surface area contributed by atoms with E-state index in [-0.39, 0.29) is 17.9 Å². The Morgan fingerprint density at radius 3 is 2.70 bits per heavy atom. The van der Waals surface area contributed by atoms with Crippen LogP contribution in [0.1, 0.15) is 59.2 Å². The van der Waals surface area contributed by atoms with Crippen LogP contribution in [0.2, 0.25) is 0 Å². The molecule has 1 saturated carbocycles. The van der Waals surface area contributed by atoms with Gasteiger partial charge in [-0.1, -0.05) is 40.5 Å². The van der Waals surface area contributed by atoms with Crippen LogP contribution in [0.25, 0.3) is 0 Å². The fourth-order valence-corrected chi connectivity index (χ4v) is 2.77. The van der Waals surface area contributed by atoms with Gasteiger partial charge in [-0.3, -0.25) is 4.79 Å². The molecule has 1 amide bonds. The van der Waals surface area contributed by atoms with Crippen LogP contribution in [0.15, 0.2) is 0 Å². The minimum atomic E-state index is -0.165. The number of nitrogens with zero attached hydrogens (tertiary/aromatic N) is 4. The highest BCUT2D eigenvalue weighted by Gasteiger charge is 2.25. The number of nitrogens with one attached hydrogen (secondary N) is 1. The zero-order valence-corrected chi connectivity index (χ0v) is 12.9. The van der Waals surface area contributed by atoms with E-state index in [0.717, 1.165) is 12.2 Å². The number of amides is 1. The SMILES string of the molecule is CC1CCCCC1NC(=O)Cn1nnnc1C(C)(C)C. The number of carbonyl (C=O) groups excluding carboxylic acids is 1. The molecule has 2 atom stereocenters. The Kier molecular flexibility index (Phi) is 4.40. The van der Waals surface area contributed by atoms with E-state index < -0.39 is 0 Å². The molecule has 1 N–H and O–H groups in total. The van der Waals surface area contributed by atoms with Crippen LogP contribution in [0.4, 0.5) is 0 Å². The van der Waals surface area contributed by atoms with Crippen molar-refractivity contribution in [3.05, 3.63) is 5.82 Å². The Bertz CT molecular complexity index is 462. The molecule has 0 saturated heterocycles. The van der Waals surface area contributed by atoms with Gasteiger partial charge in [0.25, 0.3) is 0 Å². The smallest absolute Gasteiger partial charge is 0.242 e. The molecule has 20 heavy (non-hydrogen) atoms. The topological polar surface area (TPSA) is 72.7 Å². The van der Waals surface area contributed by atoms with Crippen LogP contribution < -0.4 is 5.32 Å². The molecule has 1 aliphatic rings. The minimum absolute atomic E-state index is 0.00144. The predicted octanol–water partition coefficient (Wildman–Crippen LogP) is 1.67. The minimum Gasteiger partial charge on any atom is -0.351 e. The Labute approximate surface area is 120 Å². The molecule has 1 aliphatic carbocycles. The van der Waals surface area contributed by atoms with Gasteiger partial charge in [0.05, 0.1) is 0 Å². The lowest BCUT2D eigenvalue weighted by Crippen LogP contribution is -2.43. The maximum Gasteiger partial charge on any atom is 0.242 e. The van der Waals surface area contributed by atoms with E-state index in [0.29, 0.717) is 12.0 Å². The molecule has 0 bridgehead atoms. The molecule has 2 rings (SSSR count). The first kappa shape index (κ1) is 14.9. The lowest BCUT2D eigenvalue weighted by molar-refractivity contribution is -0.123. The third-order valence-electron chi connectivity index (χ3n) is 3.95. The zero-order chi connectivity index (χ0) is 14.8.